The van der Waals surface area contributed by atoms with E-state index in [1.54, 1.807) is 0 Å². The van der Waals surface area contributed by atoms with Gasteiger partial charge in [-0.2, -0.15) is 0 Å². The van der Waals surface area contributed by atoms with Crippen molar-refractivity contribution in [1.29, 1.82) is 0 Å². The topological polar surface area (TPSA) is 70.6 Å². The van der Waals surface area contributed by atoms with Gasteiger partial charge in [-0.15, -0.1) is 0 Å². The fourth-order valence-electron chi connectivity index (χ4n) is 1.72. The van der Waals surface area contributed by atoms with Crippen LogP contribution in [0.25, 0.3) is 0 Å². The Bertz CT molecular complexity index is 248. The normalized spacial score (nSPS) is 25.8. The lowest BCUT2D eigenvalue weighted by Crippen LogP contribution is -2.55. The van der Waals surface area contributed by atoms with E-state index in [-0.39, 0.29) is 12.5 Å². The molecule has 5 heteroatoms. The van der Waals surface area contributed by atoms with Crippen LogP contribution in [0.3, 0.4) is 0 Å². The molecule has 1 rings (SSSR count). The third-order valence-electron chi connectivity index (χ3n) is 2.85. The molecule has 3 N–H and O–H groups in total. The third kappa shape index (κ3) is 3.43. The lowest BCUT2D eigenvalue weighted by Gasteiger charge is -2.27. The second-order valence-electron chi connectivity index (χ2n) is 4.86. The molecule has 1 atom stereocenters. The number of hydrogen-bond donors (Lipinski definition) is 3. The van der Waals surface area contributed by atoms with Gasteiger partial charge in [-0.05, 0) is 20.4 Å². The van der Waals surface area contributed by atoms with Crippen molar-refractivity contribution >= 4 is 5.91 Å². The van der Waals surface area contributed by atoms with Crippen molar-refractivity contribution in [3.63, 3.8) is 0 Å². The third-order valence-corrected chi connectivity index (χ3v) is 2.85. The number of carbonyl (C=O) groups excluding carboxylic acids is 1. The molecule has 1 fully saturated rings. The predicted octanol–water partition coefficient (Wildman–Crippen LogP) is -0.358. The second-order valence-corrected chi connectivity index (χ2v) is 4.86. The van der Waals surface area contributed by atoms with E-state index in [2.05, 4.69) is 10.6 Å². The van der Waals surface area contributed by atoms with Crippen LogP contribution in [-0.2, 0) is 9.53 Å². The lowest BCUT2D eigenvalue weighted by atomic mass is 10.0. The van der Waals surface area contributed by atoms with E-state index in [1.807, 2.05) is 20.8 Å². The Labute approximate surface area is 96.6 Å². The van der Waals surface area contributed by atoms with Gasteiger partial charge in [-0.25, -0.2) is 0 Å². The highest BCUT2D eigenvalue weighted by molar-refractivity contribution is 5.85. The Kier molecular flexibility index (Phi) is 4.29. The number of likely N-dealkylation sites (N-methyl/N-ethyl adjacent to an activating group) is 1. The minimum atomic E-state index is -0.891. The zero-order valence-corrected chi connectivity index (χ0v) is 10.3. The predicted molar refractivity (Wildman–Crippen MR) is 61.2 cm³/mol. The van der Waals surface area contributed by atoms with Gasteiger partial charge in [0, 0.05) is 19.6 Å². The van der Waals surface area contributed by atoms with Gasteiger partial charge >= 0.3 is 0 Å². The standard InChI is InChI=1S/C11H22N2O3/c1-4-13-10(2,3)9(14)12-7-11(15)5-6-16-8-11/h13,15H,4-8H2,1-3H3,(H,12,14). The molecule has 1 aliphatic heterocycles. The number of amides is 1. The maximum absolute atomic E-state index is 11.8. The summed E-state index contributed by atoms with van der Waals surface area (Å²) in [5.74, 6) is -0.102. The molecule has 0 saturated carbocycles. The molecule has 0 spiro atoms. The van der Waals surface area contributed by atoms with E-state index in [0.717, 1.165) is 6.54 Å². The minimum Gasteiger partial charge on any atom is -0.386 e. The van der Waals surface area contributed by atoms with Crippen LogP contribution in [0.2, 0.25) is 0 Å². The van der Waals surface area contributed by atoms with Gasteiger partial charge < -0.3 is 20.5 Å². The van der Waals surface area contributed by atoms with Crippen molar-refractivity contribution in [2.45, 2.75) is 38.3 Å². The van der Waals surface area contributed by atoms with Crippen molar-refractivity contribution < 1.29 is 14.6 Å². The summed E-state index contributed by atoms with van der Waals surface area (Å²) < 4.78 is 5.11. The average Bonchev–Trinajstić information content (AvgIpc) is 2.62. The smallest absolute Gasteiger partial charge is 0.239 e. The van der Waals surface area contributed by atoms with E-state index < -0.39 is 11.1 Å². The van der Waals surface area contributed by atoms with Gasteiger partial charge in [0.2, 0.25) is 5.91 Å². The molecule has 0 aromatic carbocycles. The summed E-state index contributed by atoms with van der Waals surface area (Å²) >= 11 is 0. The van der Waals surface area contributed by atoms with Crippen LogP contribution < -0.4 is 10.6 Å². The molecule has 1 amide bonds. The Balaban J connectivity index is 2.40. The number of nitrogens with one attached hydrogen (secondary N) is 2. The first-order valence-electron chi connectivity index (χ1n) is 5.73. The average molecular weight is 230 g/mol. The summed E-state index contributed by atoms with van der Waals surface area (Å²) in [4.78, 5) is 11.8. The molecule has 0 aliphatic carbocycles. The SMILES string of the molecule is CCNC(C)(C)C(=O)NCC1(O)CCOC1. The van der Waals surface area contributed by atoms with Crippen LogP contribution in [0.1, 0.15) is 27.2 Å². The Morgan fingerprint density at radius 1 is 1.56 bits per heavy atom. The molecule has 5 nitrogen and oxygen atoms in total. The van der Waals surface area contributed by atoms with Crippen LogP contribution >= 0.6 is 0 Å². The number of ether oxygens (including phenoxy) is 1. The first-order chi connectivity index (χ1) is 7.40. The molecular formula is C11H22N2O3. The monoisotopic (exact) mass is 230 g/mol. The summed E-state index contributed by atoms with van der Waals surface area (Å²) in [7, 11) is 0. The molecule has 0 aromatic heterocycles. The number of hydrogen-bond acceptors (Lipinski definition) is 4. The summed E-state index contributed by atoms with van der Waals surface area (Å²) in [6.45, 7) is 7.43. The molecule has 0 bridgehead atoms. The van der Waals surface area contributed by atoms with Crippen molar-refractivity contribution in [3.8, 4) is 0 Å². The fraction of sp³-hybridized carbons (Fsp3) is 0.909. The second kappa shape index (κ2) is 5.12. The van der Waals surface area contributed by atoms with E-state index in [4.69, 9.17) is 4.74 Å². The Hall–Kier alpha value is -0.650. The Morgan fingerprint density at radius 3 is 2.75 bits per heavy atom. The molecule has 0 aromatic rings. The largest absolute Gasteiger partial charge is 0.386 e. The Morgan fingerprint density at radius 2 is 2.25 bits per heavy atom. The van der Waals surface area contributed by atoms with Crippen LogP contribution in [0, 0.1) is 0 Å². The van der Waals surface area contributed by atoms with Crippen molar-refractivity contribution in [2.75, 3.05) is 26.3 Å². The van der Waals surface area contributed by atoms with E-state index in [9.17, 15) is 9.90 Å². The zero-order chi connectivity index (χ0) is 12.2. The van der Waals surface area contributed by atoms with E-state index in [0.29, 0.717) is 19.6 Å². The van der Waals surface area contributed by atoms with Gasteiger partial charge in [-0.1, -0.05) is 6.92 Å². The highest BCUT2D eigenvalue weighted by Gasteiger charge is 2.34. The maximum Gasteiger partial charge on any atom is 0.239 e. The highest BCUT2D eigenvalue weighted by Crippen LogP contribution is 2.17. The summed E-state index contributed by atoms with van der Waals surface area (Å²) in [5.41, 5.74) is -1.50. The zero-order valence-electron chi connectivity index (χ0n) is 10.3. The first kappa shape index (κ1) is 13.4. The number of aliphatic hydroxyl groups is 1. The first-order valence-corrected chi connectivity index (χ1v) is 5.73. The van der Waals surface area contributed by atoms with Crippen molar-refractivity contribution in [3.05, 3.63) is 0 Å². The fourth-order valence-corrected chi connectivity index (χ4v) is 1.72. The van der Waals surface area contributed by atoms with Crippen LogP contribution in [-0.4, -0.2) is 48.5 Å². The van der Waals surface area contributed by atoms with E-state index in [1.165, 1.54) is 0 Å². The quantitative estimate of drug-likeness (QED) is 0.603. The lowest BCUT2D eigenvalue weighted by molar-refractivity contribution is -0.127. The molecule has 1 heterocycles. The van der Waals surface area contributed by atoms with Crippen LogP contribution in [0.4, 0.5) is 0 Å². The number of rotatable bonds is 5. The molecule has 16 heavy (non-hydrogen) atoms. The van der Waals surface area contributed by atoms with Gasteiger partial charge in [0.05, 0.1) is 12.1 Å². The van der Waals surface area contributed by atoms with E-state index >= 15 is 0 Å². The maximum atomic E-state index is 11.8. The molecule has 1 saturated heterocycles. The summed E-state index contributed by atoms with van der Waals surface area (Å²) in [6.07, 6.45) is 0.578. The molecule has 94 valence electrons. The van der Waals surface area contributed by atoms with Crippen LogP contribution in [0.15, 0.2) is 0 Å². The van der Waals surface area contributed by atoms with Gasteiger partial charge in [-0.3, -0.25) is 4.79 Å². The molecule has 1 unspecified atom stereocenters. The molecule has 1 aliphatic rings. The van der Waals surface area contributed by atoms with Gasteiger partial charge in [0.25, 0.3) is 0 Å². The highest BCUT2D eigenvalue weighted by atomic mass is 16.5. The van der Waals surface area contributed by atoms with Gasteiger partial charge in [0.1, 0.15) is 5.60 Å². The van der Waals surface area contributed by atoms with Crippen molar-refractivity contribution in [1.82, 2.24) is 10.6 Å². The summed E-state index contributed by atoms with van der Waals surface area (Å²) in [5, 5.41) is 15.8. The van der Waals surface area contributed by atoms with Gasteiger partial charge in [0.15, 0.2) is 0 Å². The molecular weight excluding hydrogens is 208 g/mol. The van der Waals surface area contributed by atoms with Crippen molar-refractivity contribution in [2.24, 2.45) is 0 Å². The van der Waals surface area contributed by atoms with Crippen LogP contribution in [0.5, 0.6) is 0 Å². The number of carbonyl (C=O) groups is 1. The molecule has 0 radical (unpaired) electrons. The minimum absolute atomic E-state index is 0.102. The summed E-state index contributed by atoms with van der Waals surface area (Å²) in [6, 6.07) is 0.